The lowest BCUT2D eigenvalue weighted by atomic mass is 10.1. The van der Waals surface area contributed by atoms with Crippen molar-refractivity contribution in [1.29, 1.82) is 0 Å². The predicted molar refractivity (Wildman–Crippen MR) is 86.9 cm³/mol. The molecule has 0 spiro atoms. The Morgan fingerprint density at radius 1 is 1.18 bits per heavy atom. The molecule has 5 nitrogen and oxygen atoms in total. The molecule has 2 rings (SSSR count). The van der Waals surface area contributed by atoms with E-state index in [4.69, 9.17) is 4.74 Å². The van der Waals surface area contributed by atoms with E-state index in [1.165, 1.54) is 0 Å². The molecule has 0 saturated carbocycles. The molecule has 1 N–H and O–H groups in total. The van der Waals surface area contributed by atoms with Gasteiger partial charge in [0.1, 0.15) is 5.60 Å². The lowest BCUT2D eigenvalue weighted by molar-refractivity contribution is -0.154. The molecule has 0 aliphatic rings. The van der Waals surface area contributed by atoms with Gasteiger partial charge in [0.25, 0.3) is 0 Å². The second-order valence-corrected chi connectivity index (χ2v) is 6.50. The number of aromatic nitrogens is 2. The lowest BCUT2D eigenvalue weighted by Gasteiger charge is -2.19. The van der Waals surface area contributed by atoms with Crippen molar-refractivity contribution in [2.75, 3.05) is 0 Å². The van der Waals surface area contributed by atoms with E-state index < -0.39 is 5.60 Å². The van der Waals surface area contributed by atoms with Gasteiger partial charge in [-0.15, -0.1) is 0 Å². The van der Waals surface area contributed by atoms with Gasteiger partial charge in [-0.2, -0.15) is 0 Å². The summed E-state index contributed by atoms with van der Waals surface area (Å²) in [5.41, 5.74) is 1.29. The van der Waals surface area contributed by atoms with E-state index in [9.17, 15) is 9.59 Å². The summed E-state index contributed by atoms with van der Waals surface area (Å²) in [6, 6.07) is 7.67. The molecule has 0 radical (unpaired) electrons. The number of hydrogen-bond acceptors (Lipinski definition) is 3. The second-order valence-electron chi connectivity index (χ2n) is 6.50. The first kappa shape index (κ1) is 16.3. The van der Waals surface area contributed by atoms with Crippen LogP contribution in [0.4, 0.5) is 0 Å². The molecule has 1 heterocycles. The Hall–Kier alpha value is -2.04. The van der Waals surface area contributed by atoms with Crippen LogP contribution in [0.5, 0.6) is 0 Å². The molecule has 0 saturated heterocycles. The molecule has 0 atom stereocenters. The standard InChI is InChI=1S/C17H24N2O3/c1-17(2,3)22-15(20)11-5-4-8-12-19-14-10-7-6-9-13(14)18-16(19)21/h6-7,9-10H,4-5,8,11-12H2,1-3H3,(H,18,21). The minimum absolute atomic E-state index is 0.0756. The number of nitrogens with zero attached hydrogens (tertiary/aromatic N) is 1. The largest absolute Gasteiger partial charge is 0.460 e. The number of carbonyl (C=O) groups is 1. The highest BCUT2D eigenvalue weighted by Crippen LogP contribution is 2.12. The maximum absolute atomic E-state index is 11.9. The van der Waals surface area contributed by atoms with Gasteiger partial charge in [-0.1, -0.05) is 18.6 Å². The Balaban J connectivity index is 1.78. The zero-order valence-corrected chi connectivity index (χ0v) is 13.5. The molecule has 0 fully saturated rings. The smallest absolute Gasteiger partial charge is 0.326 e. The fourth-order valence-corrected chi connectivity index (χ4v) is 2.44. The monoisotopic (exact) mass is 304 g/mol. The van der Waals surface area contributed by atoms with Gasteiger partial charge in [-0.05, 0) is 45.7 Å². The quantitative estimate of drug-likeness (QED) is 0.658. The van der Waals surface area contributed by atoms with Crippen molar-refractivity contribution in [3.05, 3.63) is 34.7 Å². The Bertz CT molecular complexity index is 692. The number of H-pyrrole nitrogens is 1. The molecule has 0 amide bonds. The van der Waals surface area contributed by atoms with E-state index in [0.29, 0.717) is 13.0 Å². The number of benzene rings is 1. The van der Waals surface area contributed by atoms with Crippen LogP contribution in [0.3, 0.4) is 0 Å². The molecule has 1 aromatic carbocycles. The van der Waals surface area contributed by atoms with E-state index in [1.54, 1.807) is 4.57 Å². The molecule has 0 aliphatic carbocycles. The van der Waals surface area contributed by atoms with Gasteiger partial charge in [-0.3, -0.25) is 9.36 Å². The number of nitrogens with one attached hydrogen (secondary N) is 1. The first-order valence-corrected chi connectivity index (χ1v) is 7.76. The first-order chi connectivity index (χ1) is 10.4. The summed E-state index contributed by atoms with van der Waals surface area (Å²) in [7, 11) is 0. The van der Waals surface area contributed by atoms with Crippen LogP contribution >= 0.6 is 0 Å². The van der Waals surface area contributed by atoms with Crippen molar-refractivity contribution in [2.45, 2.75) is 58.6 Å². The third-order valence-corrected chi connectivity index (χ3v) is 3.36. The molecule has 2 aromatic rings. The van der Waals surface area contributed by atoms with Crippen LogP contribution in [0.2, 0.25) is 0 Å². The number of unbranched alkanes of at least 4 members (excludes halogenated alkanes) is 2. The highest BCUT2D eigenvalue weighted by Gasteiger charge is 2.15. The minimum Gasteiger partial charge on any atom is -0.460 e. The average Bonchev–Trinajstić information content (AvgIpc) is 2.72. The molecule has 22 heavy (non-hydrogen) atoms. The number of rotatable bonds is 6. The van der Waals surface area contributed by atoms with Gasteiger partial charge in [0, 0.05) is 13.0 Å². The normalized spacial score (nSPS) is 11.8. The molecule has 0 unspecified atom stereocenters. The average molecular weight is 304 g/mol. The number of esters is 1. The number of aromatic amines is 1. The van der Waals surface area contributed by atoms with Crippen LogP contribution in [-0.4, -0.2) is 21.1 Å². The number of ether oxygens (including phenoxy) is 1. The fourth-order valence-electron chi connectivity index (χ4n) is 2.44. The molecule has 1 aromatic heterocycles. The van der Waals surface area contributed by atoms with Crippen molar-refractivity contribution >= 4 is 17.0 Å². The highest BCUT2D eigenvalue weighted by molar-refractivity contribution is 5.74. The number of imidazole rings is 1. The van der Waals surface area contributed by atoms with Gasteiger partial charge in [-0.25, -0.2) is 4.79 Å². The Morgan fingerprint density at radius 3 is 2.64 bits per heavy atom. The molecular weight excluding hydrogens is 280 g/mol. The van der Waals surface area contributed by atoms with E-state index in [1.807, 2.05) is 45.0 Å². The summed E-state index contributed by atoms with van der Waals surface area (Å²) in [6.45, 7) is 6.27. The Kier molecular flexibility index (Phi) is 5.06. The van der Waals surface area contributed by atoms with Gasteiger partial charge < -0.3 is 9.72 Å². The van der Waals surface area contributed by atoms with Gasteiger partial charge >= 0.3 is 11.7 Å². The van der Waals surface area contributed by atoms with Crippen LogP contribution < -0.4 is 5.69 Å². The zero-order chi connectivity index (χ0) is 16.2. The van der Waals surface area contributed by atoms with Crippen molar-refractivity contribution in [2.24, 2.45) is 0 Å². The third kappa shape index (κ3) is 4.48. The van der Waals surface area contributed by atoms with E-state index in [0.717, 1.165) is 30.3 Å². The number of carbonyl (C=O) groups excluding carboxylic acids is 1. The van der Waals surface area contributed by atoms with Gasteiger partial charge in [0.05, 0.1) is 11.0 Å². The minimum atomic E-state index is -0.422. The third-order valence-electron chi connectivity index (χ3n) is 3.36. The van der Waals surface area contributed by atoms with E-state index in [2.05, 4.69) is 4.98 Å². The Morgan fingerprint density at radius 2 is 1.91 bits per heavy atom. The zero-order valence-electron chi connectivity index (χ0n) is 13.5. The summed E-state index contributed by atoms with van der Waals surface area (Å²) in [6.07, 6.45) is 2.97. The summed E-state index contributed by atoms with van der Waals surface area (Å²) >= 11 is 0. The van der Waals surface area contributed by atoms with Crippen LogP contribution in [0.1, 0.15) is 46.5 Å². The first-order valence-electron chi connectivity index (χ1n) is 7.76. The van der Waals surface area contributed by atoms with Crippen LogP contribution in [0.15, 0.2) is 29.1 Å². The number of hydrogen-bond donors (Lipinski definition) is 1. The summed E-state index contributed by atoms with van der Waals surface area (Å²) in [4.78, 5) is 26.3. The molecule has 0 aliphatic heterocycles. The van der Waals surface area contributed by atoms with Crippen molar-refractivity contribution in [3.8, 4) is 0 Å². The Labute approximate surface area is 130 Å². The number of fused-ring (bicyclic) bond motifs is 1. The summed E-state index contributed by atoms with van der Waals surface area (Å²) < 4.78 is 7.02. The van der Waals surface area contributed by atoms with Crippen molar-refractivity contribution in [3.63, 3.8) is 0 Å². The second kappa shape index (κ2) is 6.81. The van der Waals surface area contributed by atoms with Gasteiger partial charge in [0.2, 0.25) is 0 Å². The molecule has 0 bridgehead atoms. The van der Waals surface area contributed by atoms with Gasteiger partial charge in [0.15, 0.2) is 0 Å². The van der Waals surface area contributed by atoms with Crippen LogP contribution in [-0.2, 0) is 16.1 Å². The molecule has 120 valence electrons. The van der Waals surface area contributed by atoms with E-state index in [-0.39, 0.29) is 11.7 Å². The summed E-state index contributed by atoms with van der Waals surface area (Å²) in [5, 5.41) is 0. The fraction of sp³-hybridized carbons (Fsp3) is 0.529. The van der Waals surface area contributed by atoms with Crippen molar-refractivity contribution in [1.82, 2.24) is 9.55 Å². The number of para-hydroxylation sites is 2. The SMILES string of the molecule is CC(C)(C)OC(=O)CCCCCn1c(=O)[nH]c2ccccc21. The highest BCUT2D eigenvalue weighted by atomic mass is 16.6. The van der Waals surface area contributed by atoms with E-state index >= 15 is 0 Å². The predicted octanol–water partition coefficient (Wildman–Crippen LogP) is 3.23. The topological polar surface area (TPSA) is 64.1 Å². The maximum atomic E-state index is 11.9. The van der Waals surface area contributed by atoms with Crippen molar-refractivity contribution < 1.29 is 9.53 Å². The van der Waals surface area contributed by atoms with Crippen LogP contribution in [0.25, 0.3) is 11.0 Å². The number of aryl methyl sites for hydroxylation is 1. The molecular formula is C17H24N2O3. The lowest BCUT2D eigenvalue weighted by Crippen LogP contribution is -2.23. The summed E-state index contributed by atoms with van der Waals surface area (Å²) in [5.74, 6) is -0.156. The van der Waals surface area contributed by atoms with Crippen LogP contribution in [0, 0.1) is 0 Å². The maximum Gasteiger partial charge on any atom is 0.326 e. The molecule has 5 heteroatoms.